The summed E-state index contributed by atoms with van der Waals surface area (Å²) < 4.78 is 66.9. The molecular formula is C18H14F4O4. The first-order chi connectivity index (χ1) is 12.3. The fourth-order valence-electron chi connectivity index (χ4n) is 2.30. The number of carbonyl (C=O) groups is 2. The van der Waals surface area contributed by atoms with Gasteiger partial charge in [-0.15, -0.1) is 0 Å². The molecule has 0 radical (unpaired) electrons. The molecule has 0 atom stereocenters. The van der Waals surface area contributed by atoms with E-state index in [0.29, 0.717) is 12.1 Å². The molecular weight excluding hydrogens is 356 g/mol. The second-order valence-electron chi connectivity index (χ2n) is 5.01. The van der Waals surface area contributed by atoms with Crippen LogP contribution in [0.3, 0.4) is 0 Å². The van der Waals surface area contributed by atoms with Crippen LogP contribution in [0.1, 0.15) is 34.6 Å². The first kappa shape index (κ1) is 19.4. The van der Waals surface area contributed by atoms with Crippen molar-refractivity contribution in [3.05, 3.63) is 58.7 Å². The number of halogens is 4. The fourth-order valence-corrected chi connectivity index (χ4v) is 2.30. The average molecular weight is 370 g/mol. The van der Waals surface area contributed by atoms with E-state index in [1.165, 1.54) is 13.8 Å². The summed E-state index contributed by atoms with van der Waals surface area (Å²) in [5, 5.41) is 0. The summed E-state index contributed by atoms with van der Waals surface area (Å²) in [7, 11) is 0. The van der Waals surface area contributed by atoms with Crippen LogP contribution in [0.2, 0.25) is 0 Å². The van der Waals surface area contributed by atoms with Crippen molar-refractivity contribution in [2.24, 2.45) is 0 Å². The molecule has 0 saturated heterocycles. The summed E-state index contributed by atoms with van der Waals surface area (Å²) in [5.74, 6) is -7.85. The normalized spacial score (nSPS) is 10.5. The van der Waals surface area contributed by atoms with Crippen molar-refractivity contribution in [1.82, 2.24) is 0 Å². The zero-order chi connectivity index (χ0) is 19.4. The average Bonchev–Trinajstić information content (AvgIpc) is 2.58. The zero-order valence-corrected chi connectivity index (χ0v) is 13.9. The number of rotatable bonds is 5. The summed E-state index contributed by atoms with van der Waals surface area (Å²) in [6.07, 6.45) is 0. The molecule has 0 spiro atoms. The van der Waals surface area contributed by atoms with Gasteiger partial charge in [-0.3, -0.25) is 0 Å². The van der Waals surface area contributed by atoms with Crippen LogP contribution in [-0.4, -0.2) is 25.2 Å². The Balaban J connectivity index is 2.72. The molecule has 0 N–H and O–H groups in total. The van der Waals surface area contributed by atoms with Crippen molar-refractivity contribution < 1.29 is 36.6 Å². The lowest BCUT2D eigenvalue weighted by Crippen LogP contribution is -2.12. The van der Waals surface area contributed by atoms with Crippen LogP contribution in [0.15, 0.2) is 24.3 Å². The topological polar surface area (TPSA) is 52.6 Å². The Morgan fingerprint density at radius 1 is 0.731 bits per heavy atom. The number of esters is 2. The summed E-state index contributed by atoms with van der Waals surface area (Å²) in [5.41, 5.74) is -3.61. The predicted octanol–water partition coefficient (Wildman–Crippen LogP) is 4.26. The minimum absolute atomic E-state index is 0.0773. The van der Waals surface area contributed by atoms with Gasteiger partial charge in [-0.05, 0) is 38.1 Å². The smallest absolute Gasteiger partial charge is 0.341 e. The largest absolute Gasteiger partial charge is 0.462 e. The van der Waals surface area contributed by atoms with Gasteiger partial charge in [0.2, 0.25) is 0 Å². The molecule has 2 aromatic carbocycles. The standard InChI is InChI=1S/C18H14F4O4/c1-3-25-17(23)9-5-7-11(19)13(15(9)21)14-12(20)8-6-10(16(14)22)18(24)26-4-2/h5-8H,3-4H2,1-2H3. The molecule has 0 aliphatic carbocycles. The highest BCUT2D eigenvalue weighted by Gasteiger charge is 2.28. The van der Waals surface area contributed by atoms with Gasteiger partial charge in [-0.1, -0.05) is 0 Å². The minimum atomic E-state index is -1.50. The molecule has 0 unspecified atom stereocenters. The summed E-state index contributed by atoms with van der Waals surface area (Å²) in [6, 6.07) is 2.97. The van der Waals surface area contributed by atoms with E-state index in [1.807, 2.05) is 0 Å². The fraction of sp³-hybridized carbons (Fsp3) is 0.222. The Hall–Kier alpha value is -2.90. The first-order valence-electron chi connectivity index (χ1n) is 7.64. The maximum atomic E-state index is 14.6. The van der Waals surface area contributed by atoms with Crippen molar-refractivity contribution in [3.63, 3.8) is 0 Å². The van der Waals surface area contributed by atoms with Gasteiger partial charge in [0.15, 0.2) is 0 Å². The highest BCUT2D eigenvalue weighted by molar-refractivity contribution is 5.94. The molecule has 0 aliphatic rings. The lowest BCUT2D eigenvalue weighted by Gasteiger charge is -2.13. The first-order valence-corrected chi connectivity index (χ1v) is 7.64. The molecule has 138 valence electrons. The summed E-state index contributed by atoms with van der Waals surface area (Å²) in [4.78, 5) is 23.5. The van der Waals surface area contributed by atoms with Gasteiger partial charge in [0.1, 0.15) is 23.3 Å². The Bertz CT molecular complexity index is 793. The molecule has 8 heteroatoms. The molecule has 4 nitrogen and oxygen atoms in total. The number of hydrogen-bond donors (Lipinski definition) is 0. The van der Waals surface area contributed by atoms with Crippen LogP contribution >= 0.6 is 0 Å². The Labute approximate surface area is 146 Å². The van der Waals surface area contributed by atoms with Gasteiger partial charge in [0.25, 0.3) is 0 Å². The van der Waals surface area contributed by atoms with E-state index >= 15 is 0 Å². The Kier molecular flexibility index (Phi) is 5.97. The molecule has 0 fully saturated rings. The molecule has 0 saturated carbocycles. The Morgan fingerprint density at radius 2 is 1.08 bits per heavy atom. The molecule has 0 aromatic heterocycles. The molecule has 2 rings (SSSR count). The van der Waals surface area contributed by atoms with Crippen molar-refractivity contribution in [1.29, 1.82) is 0 Å². The van der Waals surface area contributed by atoms with Gasteiger partial charge in [0, 0.05) is 0 Å². The van der Waals surface area contributed by atoms with Crippen LogP contribution in [0.5, 0.6) is 0 Å². The molecule has 0 heterocycles. The molecule has 0 bridgehead atoms. The van der Waals surface area contributed by atoms with Crippen molar-refractivity contribution in [2.75, 3.05) is 13.2 Å². The third-order valence-electron chi connectivity index (χ3n) is 3.42. The number of ether oxygens (including phenoxy) is 2. The number of benzene rings is 2. The van der Waals surface area contributed by atoms with Crippen LogP contribution < -0.4 is 0 Å². The van der Waals surface area contributed by atoms with Crippen LogP contribution in [0, 0.1) is 23.3 Å². The monoisotopic (exact) mass is 370 g/mol. The lowest BCUT2D eigenvalue weighted by molar-refractivity contribution is 0.0510. The molecule has 0 amide bonds. The highest BCUT2D eigenvalue weighted by Crippen LogP contribution is 2.34. The van der Waals surface area contributed by atoms with Crippen molar-refractivity contribution in [2.45, 2.75) is 13.8 Å². The van der Waals surface area contributed by atoms with Crippen LogP contribution in [0.4, 0.5) is 17.6 Å². The van der Waals surface area contributed by atoms with E-state index < -0.39 is 57.5 Å². The van der Waals surface area contributed by atoms with E-state index in [-0.39, 0.29) is 13.2 Å². The van der Waals surface area contributed by atoms with Crippen LogP contribution in [-0.2, 0) is 9.47 Å². The summed E-state index contributed by atoms with van der Waals surface area (Å²) in [6.45, 7) is 2.79. The molecule has 0 aliphatic heterocycles. The second-order valence-corrected chi connectivity index (χ2v) is 5.01. The maximum Gasteiger partial charge on any atom is 0.341 e. The van der Waals surface area contributed by atoms with Crippen LogP contribution in [0.25, 0.3) is 11.1 Å². The molecule has 2 aromatic rings. The van der Waals surface area contributed by atoms with E-state index in [4.69, 9.17) is 0 Å². The van der Waals surface area contributed by atoms with Gasteiger partial charge in [-0.2, -0.15) is 0 Å². The van der Waals surface area contributed by atoms with Crippen molar-refractivity contribution in [3.8, 4) is 11.1 Å². The minimum Gasteiger partial charge on any atom is -0.462 e. The zero-order valence-electron chi connectivity index (χ0n) is 13.9. The SMILES string of the molecule is CCOC(=O)c1ccc(F)c(-c2c(F)ccc(C(=O)OCC)c2F)c1F. The third kappa shape index (κ3) is 3.54. The van der Waals surface area contributed by atoms with Gasteiger partial charge in [0.05, 0.1) is 35.5 Å². The van der Waals surface area contributed by atoms with E-state index in [0.717, 1.165) is 12.1 Å². The van der Waals surface area contributed by atoms with Gasteiger partial charge in [-0.25, -0.2) is 27.2 Å². The summed E-state index contributed by atoms with van der Waals surface area (Å²) >= 11 is 0. The van der Waals surface area contributed by atoms with Gasteiger partial charge < -0.3 is 9.47 Å². The number of hydrogen-bond acceptors (Lipinski definition) is 4. The third-order valence-corrected chi connectivity index (χ3v) is 3.42. The second kappa shape index (κ2) is 7.99. The maximum absolute atomic E-state index is 14.6. The van der Waals surface area contributed by atoms with E-state index in [2.05, 4.69) is 9.47 Å². The number of carbonyl (C=O) groups excluding carboxylic acids is 2. The Morgan fingerprint density at radius 3 is 1.38 bits per heavy atom. The van der Waals surface area contributed by atoms with E-state index in [1.54, 1.807) is 0 Å². The predicted molar refractivity (Wildman–Crippen MR) is 83.6 cm³/mol. The lowest BCUT2D eigenvalue weighted by atomic mass is 9.98. The van der Waals surface area contributed by atoms with Gasteiger partial charge >= 0.3 is 11.9 Å². The van der Waals surface area contributed by atoms with Crippen molar-refractivity contribution >= 4 is 11.9 Å². The quantitative estimate of drug-likeness (QED) is 0.583. The highest BCUT2D eigenvalue weighted by atomic mass is 19.1. The van der Waals surface area contributed by atoms with E-state index in [9.17, 15) is 27.2 Å². The molecule has 26 heavy (non-hydrogen) atoms.